The van der Waals surface area contributed by atoms with Crippen LogP contribution in [0, 0.1) is 38.3 Å². The Labute approximate surface area is 79.2 Å². The van der Waals surface area contributed by atoms with Crippen molar-refractivity contribution < 1.29 is 72.3 Å². The molecule has 0 saturated heterocycles. The van der Waals surface area contributed by atoms with Crippen LogP contribution in [0.15, 0.2) is 8.37 Å². The van der Waals surface area contributed by atoms with Crippen molar-refractivity contribution >= 4 is 0 Å². The van der Waals surface area contributed by atoms with Gasteiger partial charge < -0.3 is 34.0 Å². The summed E-state index contributed by atoms with van der Waals surface area (Å²) in [6.07, 6.45) is 0. The average Bonchev–Trinajstić information content (AvgIpc) is 0.918. The predicted molar refractivity (Wildman–Crippen MR) is 10.2 cm³/mol. The Morgan fingerprint density at radius 3 is 1.40 bits per heavy atom. The summed E-state index contributed by atoms with van der Waals surface area (Å²) in [6.45, 7) is 3.40. The van der Waals surface area contributed by atoms with Crippen LogP contribution in [0.2, 0.25) is 0 Å². The van der Waals surface area contributed by atoms with E-state index < -0.39 is 0 Å². The van der Waals surface area contributed by atoms with Crippen LogP contribution in [-0.2, 0) is 0 Å². The van der Waals surface area contributed by atoms with Crippen molar-refractivity contribution in [3.63, 3.8) is 0 Å². The standard InChI is InChI=1S/C2H3.2BrH.Sm/c1-2;;;/h1H,2H2;2*1H;/q;;;+2/p-2. The van der Waals surface area contributed by atoms with Crippen LogP contribution in [0.1, 0.15) is 0 Å². The summed E-state index contributed by atoms with van der Waals surface area (Å²) < 4.78 is 1.83. The first kappa shape index (κ1) is 15.7. The van der Waals surface area contributed by atoms with Gasteiger partial charge in [-0.15, -0.1) is 0 Å². The summed E-state index contributed by atoms with van der Waals surface area (Å²) >= 11 is 1.44. The minimum atomic E-state index is 0. The molecule has 0 amide bonds. The zero-order chi connectivity index (χ0) is 2.71. The maximum Gasteiger partial charge on any atom is -1.00 e. The fourth-order valence-corrected chi connectivity index (χ4v) is 0. The van der Waals surface area contributed by atoms with Crippen LogP contribution in [0.3, 0.4) is 0 Å². The van der Waals surface area contributed by atoms with E-state index in [-0.39, 0.29) is 34.0 Å². The van der Waals surface area contributed by atoms with Gasteiger partial charge in [-0.25, -0.2) is 0 Å². The molecule has 0 radical (unpaired) electrons. The van der Waals surface area contributed by atoms with Crippen molar-refractivity contribution in [3.05, 3.63) is 8.37 Å². The zero-order valence-corrected chi connectivity index (χ0v) is 8.24. The molecule has 0 aromatic rings. The summed E-state index contributed by atoms with van der Waals surface area (Å²) in [4.78, 5) is 0. The topological polar surface area (TPSA) is 0 Å². The molecule has 0 heterocycles. The maximum absolute atomic E-state index is 3.40. The molecule has 0 aliphatic rings. The van der Waals surface area contributed by atoms with E-state index in [1.54, 1.807) is 0 Å². The number of hydrogen-bond donors (Lipinski definition) is 0. The summed E-state index contributed by atoms with van der Waals surface area (Å²) in [5.74, 6) is 0. The third kappa shape index (κ3) is 23.7. The molecule has 0 spiro atoms. The van der Waals surface area contributed by atoms with E-state index in [1.807, 2.05) is 1.79 Å². The van der Waals surface area contributed by atoms with Gasteiger partial charge >= 0.3 is 46.7 Å². The second-order valence-corrected chi connectivity index (χ2v) is 1.24. The Balaban J connectivity index is -0.0000000200. The molecule has 0 unspecified atom stereocenters. The molecular formula is C2H3Br2Sm. The van der Waals surface area contributed by atoms with Gasteiger partial charge in [-0.05, 0) is 0 Å². The van der Waals surface area contributed by atoms with E-state index in [9.17, 15) is 0 Å². The minimum Gasteiger partial charge on any atom is -1.00 e. The Morgan fingerprint density at radius 2 is 1.40 bits per heavy atom. The molecule has 0 aliphatic carbocycles. The Hall–Kier alpha value is 2.04. The van der Waals surface area contributed by atoms with E-state index in [4.69, 9.17) is 0 Å². The van der Waals surface area contributed by atoms with Crippen LogP contribution in [-0.4, -0.2) is 0 Å². The molecule has 5 heavy (non-hydrogen) atoms. The largest absolute Gasteiger partial charge is 1.00 e. The van der Waals surface area contributed by atoms with Gasteiger partial charge in [0.15, 0.2) is 0 Å². The van der Waals surface area contributed by atoms with Crippen molar-refractivity contribution in [1.29, 1.82) is 0 Å². The molecule has 0 aromatic carbocycles. The van der Waals surface area contributed by atoms with Gasteiger partial charge in [0, 0.05) is 0 Å². The minimum absolute atomic E-state index is 0. The Bertz CT molecular complexity index is 15.1. The van der Waals surface area contributed by atoms with E-state index in [2.05, 4.69) is 6.58 Å². The van der Waals surface area contributed by atoms with Crippen LogP contribution in [0.5, 0.6) is 0 Å². The first-order valence-corrected chi connectivity index (χ1v) is 2.16. The molecule has 0 aromatic heterocycles. The van der Waals surface area contributed by atoms with Crippen molar-refractivity contribution in [2.24, 2.45) is 0 Å². The average molecular weight is 337 g/mol. The fraction of sp³-hybridized carbons (Fsp3) is 0. The van der Waals surface area contributed by atoms with Gasteiger partial charge in [0.1, 0.15) is 0 Å². The normalized spacial score (nSPS) is 2.20. The van der Waals surface area contributed by atoms with Gasteiger partial charge in [-0.1, -0.05) is 0 Å². The molecule has 0 fully saturated rings. The van der Waals surface area contributed by atoms with Gasteiger partial charge in [-0.3, -0.25) is 0 Å². The first-order valence-electron chi connectivity index (χ1n) is 0.644. The fourth-order valence-electron chi connectivity index (χ4n) is 0. The third-order valence-corrected chi connectivity index (χ3v) is 0. The molecule has 0 N–H and O–H groups in total. The van der Waals surface area contributed by atoms with Crippen LogP contribution < -0.4 is 34.0 Å². The molecule has 0 bridgehead atoms. The van der Waals surface area contributed by atoms with Crippen molar-refractivity contribution in [3.8, 4) is 0 Å². The van der Waals surface area contributed by atoms with E-state index in [0.29, 0.717) is 0 Å². The Kier molecular flexibility index (Phi) is 52.3. The second kappa shape index (κ2) is 16.6. The third-order valence-electron chi connectivity index (χ3n) is 0. The van der Waals surface area contributed by atoms with Gasteiger partial charge in [0.2, 0.25) is 0 Å². The summed E-state index contributed by atoms with van der Waals surface area (Å²) in [7, 11) is 0. The van der Waals surface area contributed by atoms with E-state index in [1.165, 1.54) is 38.3 Å². The molecule has 0 aliphatic heterocycles. The first-order chi connectivity index (χ1) is 1.41. The molecule has 0 nitrogen and oxygen atoms in total. The van der Waals surface area contributed by atoms with E-state index >= 15 is 0 Å². The molecular weight excluding hydrogens is 334 g/mol. The molecule has 3 heteroatoms. The Morgan fingerprint density at radius 1 is 1.40 bits per heavy atom. The second-order valence-electron chi connectivity index (χ2n) is 0.167. The van der Waals surface area contributed by atoms with Crippen molar-refractivity contribution in [2.45, 2.75) is 0 Å². The monoisotopic (exact) mass is 337 g/mol. The summed E-state index contributed by atoms with van der Waals surface area (Å²) in [5.41, 5.74) is 0. The van der Waals surface area contributed by atoms with Crippen LogP contribution >= 0.6 is 0 Å². The predicted octanol–water partition coefficient (Wildman–Crippen LogP) is -5.31. The van der Waals surface area contributed by atoms with Gasteiger partial charge in [0.05, 0.1) is 0 Å². The maximum atomic E-state index is 3.40. The summed E-state index contributed by atoms with van der Waals surface area (Å²) in [5, 5.41) is 0. The SMILES string of the molecule is C=[CH][Sm+2].[Br-].[Br-]. The number of hydrogen-bond acceptors (Lipinski definition) is 0. The van der Waals surface area contributed by atoms with Crippen molar-refractivity contribution in [1.82, 2.24) is 0 Å². The van der Waals surface area contributed by atoms with Crippen molar-refractivity contribution in [2.75, 3.05) is 0 Å². The van der Waals surface area contributed by atoms with Gasteiger partial charge in [-0.2, -0.15) is 0 Å². The summed E-state index contributed by atoms with van der Waals surface area (Å²) in [6, 6.07) is 0. The quantitative estimate of drug-likeness (QED) is 0.414. The van der Waals surface area contributed by atoms with Crippen LogP contribution in [0.25, 0.3) is 0 Å². The van der Waals surface area contributed by atoms with Crippen LogP contribution in [0.4, 0.5) is 0 Å². The smallest absolute Gasteiger partial charge is 1.00 e. The van der Waals surface area contributed by atoms with Gasteiger partial charge in [0.25, 0.3) is 0 Å². The molecule has 31 valence electrons. The zero-order valence-electron chi connectivity index (χ0n) is 2.45. The molecule has 0 saturated carbocycles. The number of rotatable bonds is 0. The number of halogens is 2. The molecule has 0 atom stereocenters. The molecule has 0 rings (SSSR count). The van der Waals surface area contributed by atoms with E-state index in [0.717, 1.165) is 0 Å².